The highest BCUT2D eigenvalue weighted by Gasteiger charge is 2.24. The van der Waals surface area contributed by atoms with E-state index >= 15 is 0 Å². The lowest BCUT2D eigenvalue weighted by Crippen LogP contribution is -2.10. The van der Waals surface area contributed by atoms with Crippen LogP contribution in [0, 0.1) is 0 Å². The molecular weight excluding hydrogens is 1560 g/mol. The van der Waals surface area contributed by atoms with Crippen LogP contribution >= 0.6 is 0 Å². The van der Waals surface area contributed by atoms with Crippen molar-refractivity contribution in [1.29, 1.82) is 0 Å². The molecule has 604 valence electrons. The molecule has 24 aromatic carbocycles. The monoisotopic (exact) mass is 1640 g/mol. The molecule has 0 saturated heterocycles. The molecule has 0 radical (unpaired) electrons. The van der Waals surface area contributed by atoms with Crippen molar-refractivity contribution in [2.45, 2.75) is 26.2 Å². The molecule has 129 heavy (non-hydrogen) atoms. The average molecular weight is 1640 g/mol. The Labute approximate surface area is 746 Å². The van der Waals surface area contributed by atoms with Crippen molar-refractivity contribution < 1.29 is 4.42 Å². The van der Waals surface area contributed by atoms with Gasteiger partial charge in [-0.15, -0.1) is 0 Å². The van der Waals surface area contributed by atoms with Gasteiger partial charge in [-0.25, -0.2) is 0 Å². The second kappa shape index (κ2) is 30.2. The molecule has 0 fully saturated rings. The molecule has 0 bridgehead atoms. The van der Waals surface area contributed by atoms with Gasteiger partial charge in [0.25, 0.3) is 0 Å². The first-order chi connectivity index (χ1) is 63.6. The van der Waals surface area contributed by atoms with Gasteiger partial charge >= 0.3 is 0 Å². The Balaban J connectivity index is 0.000000105. The summed E-state index contributed by atoms with van der Waals surface area (Å²) in [6.07, 6.45) is 0. The van der Waals surface area contributed by atoms with Gasteiger partial charge in [0.15, 0.2) is 0 Å². The zero-order valence-corrected chi connectivity index (χ0v) is 71.6. The molecule has 0 saturated carbocycles. The highest BCUT2D eigenvalue weighted by molar-refractivity contribution is 6.30. The third-order valence-corrected chi connectivity index (χ3v) is 27.3. The van der Waals surface area contributed by atoms with Crippen molar-refractivity contribution in [2.75, 3.05) is 0 Å². The van der Waals surface area contributed by atoms with Crippen molar-refractivity contribution >= 4 is 163 Å². The van der Waals surface area contributed by atoms with Crippen LogP contribution in [0.5, 0.6) is 0 Å². The summed E-state index contributed by atoms with van der Waals surface area (Å²) in [5, 5.41) is 30.8. The molecule has 3 heteroatoms. The third kappa shape index (κ3) is 12.4. The molecule has 0 spiro atoms. The van der Waals surface area contributed by atoms with Crippen LogP contribution in [0.2, 0.25) is 0 Å². The van der Waals surface area contributed by atoms with Crippen LogP contribution in [-0.2, 0) is 5.41 Å². The van der Waals surface area contributed by atoms with E-state index in [1.165, 1.54) is 224 Å². The molecule has 0 amide bonds. The maximum Gasteiger partial charge on any atom is 0.143 e. The highest BCUT2D eigenvalue weighted by Crippen LogP contribution is 2.50. The SMILES string of the molecule is CC(C)(C)c1ccc(-c2c3ccccc3c(-c3ccc4c(c3)c3ccccc3n4-c3ccccc3)c3ccccc23)cc1.c1cc(-c2ccc3ccc4ccc(-c5ccc6ccccc6c5)c5ccc2c3c45)cc(-n2c3ccccc3c3ccccc32)c1.c1ccc(-c2ccc3ccc4c(-c5ccc(-c6cccc7c6oc6ccccc67)cc5)ccc5ccc2c3c54)cc1. The maximum absolute atomic E-state index is 6.32. The molecule has 3 nitrogen and oxygen atoms in total. The number of fused-ring (bicyclic) bond motifs is 12. The largest absolute Gasteiger partial charge is 0.455 e. The van der Waals surface area contributed by atoms with Crippen molar-refractivity contribution in [3.05, 3.63) is 461 Å². The lowest BCUT2D eigenvalue weighted by molar-refractivity contribution is 0.590. The van der Waals surface area contributed by atoms with Gasteiger partial charge in [-0.2, -0.15) is 0 Å². The second-order valence-corrected chi connectivity index (χ2v) is 35.6. The third-order valence-electron chi connectivity index (χ3n) is 27.3. The number of hydrogen-bond acceptors (Lipinski definition) is 1. The molecule has 0 aliphatic rings. The van der Waals surface area contributed by atoms with E-state index in [9.17, 15) is 0 Å². The van der Waals surface area contributed by atoms with E-state index in [0.717, 1.165) is 33.1 Å². The first kappa shape index (κ1) is 75.1. The van der Waals surface area contributed by atoms with E-state index in [2.05, 4.69) is 473 Å². The summed E-state index contributed by atoms with van der Waals surface area (Å²) < 4.78 is 11.1. The minimum absolute atomic E-state index is 0.120. The Hall–Kier alpha value is -16.5. The van der Waals surface area contributed by atoms with Crippen molar-refractivity contribution in [3.63, 3.8) is 0 Å². The molecule has 0 N–H and O–H groups in total. The van der Waals surface area contributed by atoms with Gasteiger partial charge in [0.2, 0.25) is 0 Å². The van der Waals surface area contributed by atoms with Crippen LogP contribution in [0.25, 0.3) is 252 Å². The predicted molar refractivity (Wildman–Crippen MR) is 552 cm³/mol. The summed E-state index contributed by atoms with van der Waals surface area (Å²) in [7, 11) is 0. The molecule has 0 atom stereocenters. The lowest BCUT2D eigenvalue weighted by Gasteiger charge is -2.21. The Morgan fingerprint density at radius 1 is 0.186 bits per heavy atom. The van der Waals surface area contributed by atoms with Crippen LogP contribution in [0.3, 0.4) is 0 Å². The number of rotatable bonds is 9. The van der Waals surface area contributed by atoms with Gasteiger partial charge in [0.05, 0.1) is 22.1 Å². The number of aromatic nitrogens is 2. The molecular formula is C126H84N2O. The van der Waals surface area contributed by atoms with Crippen LogP contribution in [0.15, 0.2) is 459 Å². The van der Waals surface area contributed by atoms with Crippen molar-refractivity contribution in [1.82, 2.24) is 9.13 Å². The van der Waals surface area contributed by atoms with Crippen molar-refractivity contribution in [3.8, 4) is 89.3 Å². The standard InChI is InChI=1S/C44H27N.C42H33N.C40H24O/c1-2-9-31-26-33(19-16-28(31)8-1)36-23-21-30-18-17-29-20-22-35(39-24-25-40(36)44(30)43(29)39)32-10-7-11-34(27-32)45-41-14-5-3-12-37(41)38-13-4-6-15-42(38)45;1-42(2,3)30-24-21-28(22-25-30)40-33-16-7-9-18-35(33)41(36-19-10-8-17-34(36)40)29-23-26-39-37(27-29)32-15-11-12-20-38(32)43(39)31-13-5-4-6-14-31;1-2-7-25(8-3-1)30-21-17-28-20-24-35-31(22-18-29-19-23-34(30)38(28)39(29)35)26-13-15-27(16-14-26)32-10-6-11-36-33-9-4-5-12-37(33)41-40(32)36/h1-27H;4-27H,1-3H3;1-24H. The fraction of sp³-hybridized carbons (Fsp3) is 0.0317. The van der Waals surface area contributed by atoms with Crippen LogP contribution in [0.4, 0.5) is 0 Å². The Morgan fingerprint density at radius 3 is 1.09 bits per heavy atom. The fourth-order valence-electron chi connectivity index (χ4n) is 21.3. The van der Waals surface area contributed by atoms with Gasteiger partial charge < -0.3 is 13.6 Å². The number of benzene rings is 24. The maximum atomic E-state index is 6.32. The number of nitrogens with zero attached hydrogens (tertiary/aromatic N) is 2. The fourth-order valence-corrected chi connectivity index (χ4v) is 21.3. The van der Waals surface area contributed by atoms with E-state index in [1.54, 1.807) is 0 Å². The van der Waals surface area contributed by atoms with Gasteiger partial charge in [-0.05, 0) is 247 Å². The first-order valence-corrected chi connectivity index (χ1v) is 44.8. The minimum atomic E-state index is 0.120. The molecule has 27 rings (SSSR count). The van der Waals surface area contributed by atoms with Crippen LogP contribution in [-0.4, -0.2) is 9.13 Å². The molecule has 0 unspecified atom stereocenters. The predicted octanol–water partition coefficient (Wildman–Crippen LogP) is 35.4. The van der Waals surface area contributed by atoms with E-state index in [-0.39, 0.29) is 5.41 Å². The Kier molecular flexibility index (Phi) is 17.6. The molecule has 3 aromatic heterocycles. The summed E-state index contributed by atoms with van der Waals surface area (Å²) in [5.74, 6) is 0. The van der Waals surface area contributed by atoms with Gasteiger partial charge in [0.1, 0.15) is 11.2 Å². The molecule has 27 aromatic rings. The summed E-state index contributed by atoms with van der Waals surface area (Å²) in [5.41, 5.74) is 28.0. The van der Waals surface area contributed by atoms with Crippen LogP contribution < -0.4 is 0 Å². The quantitative estimate of drug-likeness (QED) is 0.104. The Bertz CT molecular complexity index is 9020. The van der Waals surface area contributed by atoms with Crippen molar-refractivity contribution in [2.24, 2.45) is 0 Å². The first-order valence-electron chi connectivity index (χ1n) is 44.8. The molecule has 0 aliphatic carbocycles. The molecule has 3 heterocycles. The van der Waals surface area contributed by atoms with E-state index in [1.807, 2.05) is 12.1 Å². The van der Waals surface area contributed by atoms with E-state index < -0.39 is 0 Å². The average Bonchev–Trinajstić information content (AvgIpc) is 1.73. The highest BCUT2D eigenvalue weighted by atomic mass is 16.3. The summed E-state index contributed by atoms with van der Waals surface area (Å²) in [6.45, 7) is 6.82. The van der Waals surface area contributed by atoms with Gasteiger partial charge in [-0.1, -0.05) is 409 Å². The number of hydrogen-bond donors (Lipinski definition) is 0. The Morgan fingerprint density at radius 2 is 0.535 bits per heavy atom. The van der Waals surface area contributed by atoms with Crippen LogP contribution in [0.1, 0.15) is 26.3 Å². The van der Waals surface area contributed by atoms with E-state index in [4.69, 9.17) is 4.42 Å². The number of para-hydroxylation sites is 6. The molecule has 0 aliphatic heterocycles. The smallest absolute Gasteiger partial charge is 0.143 e. The van der Waals surface area contributed by atoms with Gasteiger partial charge in [-0.3, -0.25) is 0 Å². The number of furan rings is 1. The summed E-state index contributed by atoms with van der Waals surface area (Å²) in [6, 6.07) is 166. The minimum Gasteiger partial charge on any atom is -0.455 e. The lowest BCUT2D eigenvalue weighted by atomic mass is 9.83. The zero-order chi connectivity index (χ0) is 85.5. The zero-order valence-electron chi connectivity index (χ0n) is 71.6. The normalized spacial score (nSPS) is 12.0. The van der Waals surface area contributed by atoms with E-state index in [0.29, 0.717) is 0 Å². The second-order valence-electron chi connectivity index (χ2n) is 35.6. The summed E-state index contributed by atoms with van der Waals surface area (Å²) >= 11 is 0. The summed E-state index contributed by atoms with van der Waals surface area (Å²) in [4.78, 5) is 0. The van der Waals surface area contributed by atoms with Gasteiger partial charge in [0, 0.05) is 49.3 Å². The topological polar surface area (TPSA) is 23.0 Å².